The van der Waals surface area contributed by atoms with Gasteiger partial charge in [0.25, 0.3) is 0 Å². The monoisotopic (exact) mass is 196 g/mol. The van der Waals surface area contributed by atoms with Crippen molar-refractivity contribution in [1.82, 2.24) is 4.90 Å². The minimum Gasteiger partial charge on any atom is -0.326 e. The summed E-state index contributed by atoms with van der Waals surface area (Å²) >= 11 is 0. The van der Waals surface area contributed by atoms with Gasteiger partial charge in [-0.1, -0.05) is 20.8 Å². The second kappa shape index (κ2) is 2.73. The van der Waals surface area contributed by atoms with Gasteiger partial charge in [-0.2, -0.15) is 0 Å². The lowest BCUT2D eigenvalue weighted by Crippen LogP contribution is -2.51. The van der Waals surface area contributed by atoms with Crippen LogP contribution in [0.1, 0.15) is 33.6 Å². The SMILES string of the molecule is CN(C)[C@H]1[C@@H](N)[C@]2(C)CC[C@@H]1C2(C)C. The van der Waals surface area contributed by atoms with Gasteiger partial charge in [0, 0.05) is 12.1 Å². The smallest absolute Gasteiger partial charge is 0.0280 e. The van der Waals surface area contributed by atoms with Crippen molar-refractivity contribution in [1.29, 1.82) is 0 Å². The molecule has 0 aliphatic heterocycles. The van der Waals surface area contributed by atoms with Crippen molar-refractivity contribution in [2.45, 2.75) is 45.7 Å². The van der Waals surface area contributed by atoms with E-state index in [0.29, 0.717) is 22.9 Å². The molecule has 2 N–H and O–H groups in total. The molecule has 2 aliphatic carbocycles. The summed E-state index contributed by atoms with van der Waals surface area (Å²) in [5.41, 5.74) is 7.21. The normalized spacial score (nSPS) is 50.4. The quantitative estimate of drug-likeness (QED) is 0.691. The van der Waals surface area contributed by atoms with E-state index in [2.05, 4.69) is 39.8 Å². The molecule has 2 nitrogen and oxygen atoms in total. The molecule has 0 radical (unpaired) electrons. The third-order valence-electron chi connectivity index (χ3n) is 5.49. The van der Waals surface area contributed by atoms with E-state index in [0.717, 1.165) is 5.92 Å². The molecule has 0 aromatic carbocycles. The molecule has 0 aromatic rings. The van der Waals surface area contributed by atoms with Gasteiger partial charge in [0.05, 0.1) is 0 Å². The van der Waals surface area contributed by atoms with E-state index >= 15 is 0 Å². The van der Waals surface area contributed by atoms with Gasteiger partial charge in [0.1, 0.15) is 0 Å². The van der Waals surface area contributed by atoms with Crippen LogP contribution in [0.15, 0.2) is 0 Å². The maximum atomic E-state index is 6.43. The maximum absolute atomic E-state index is 6.43. The number of hydrogen-bond donors (Lipinski definition) is 1. The first-order valence-electron chi connectivity index (χ1n) is 5.74. The van der Waals surface area contributed by atoms with Gasteiger partial charge in [-0.05, 0) is 43.7 Å². The second-order valence-electron chi connectivity index (χ2n) is 6.26. The summed E-state index contributed by atoms with van der Waals surface area (Å²) < 4.78 is 0. The van der Waals surface area contributed by atoms with Crippen LogP contribution in [0, 0.1) is 16.7 Å². The summed E-state index contributed by atoms with van der Waals surface area (Å²) in [6.07, 6.45) is 2.68. The van der Waals surface area contributed by atoms with E-state index in [1.54, 1.807) is 0 Å². The molecule has 2 aliphatic rings. The van der Waals surface area contributed by atoms with E-state index < -0.39 is 0 Å². The van der Waals surface area contributed by atoms with E-state index in [4.69, 9.17) is 5.73 Å². The van der Waals surface area contributed by atoms with Crippen LogP contribution >= 0.6 is 0 Å². The number of hydrogen-bond acceptors (Lipinski definition) is 2. The van der Waals surface area contributed by atoms with Gasteiger partial charge >= 0.3 is 0 Å². The Balaban J connectivity index is 2.39. The lowest BCUT2D eigenvalue weighted by molar-refractivity contribution is 0.133. The van der Waals surface area contributed by atoms with E-state index in [9.17, 15) is 0 Å². The molecule has 0 spiro atoms. The standard InChI is InChI=1S/C12H24N2/c1-11(2)8-6-7-12(11,3)10(13)9(8)14(4)5/h8-10H,6-7,13H2,1-5H3/t8-,9+,10+,12-/m0/s1. The van der Waals surface area contributed by atoms with Crippen LogP contribution in [0.2, 0.25) is 0 Å². The highest BCUT2D eigenvalue weighted by Gasteiger charge is 2.65. The molecule has 14 heavy (non-hydrogen) atoms. The molecule has 2 bridgehead atoms. The van der Waals surface area contributed by atoms with E-state index in [1.807, 2.05) is 0 Å². The summed E-state index contributed by atoms with van der Waals surface area (Å²) in [4.78, 5) is 2.33. The van der Waals surface area contributed by atoms with Crippen molar-refractivity contribution in [3.63, 3.8) is 0 Å². The molecule has 0 saturated heterocycles. The van der Waals surface area contributed by atoms with Crippen LogP contribution in [0.25, 0.3) is 0 Å². The summed E-state index contributed by atoms with van der Waals surface area (Å²) in [6.45, 7) is 7.21. The lowest BCUT2D eigenvalue weighted by atomic mass is 9.69. The first kappa shape index (κ1) is 10.4. The highest BCUT2D eigenvalue weighted by molar-refractivity contribution is 5.18. The van der Waals surface area contributed by atoms with E-state index in [-0.39, 0.29) is 0 Å². The second-order valence-corrected chi connectivity index (χ2v) is 6.26. The van der Waals surface area contributed by atoms with Gasteiger partial charge in [0.2, 0.25) is 0 Å². The molecule has 0 amide bonds. The number of nitrogens with zero attached hydrogens (tertiary/aromatic N) is 1. The van der Waals surface area contributed by atoms with E-state index in [1.165, 1.54) is 12.8 Å². The van der Waals surface area contributed by atoms with Crippen LogP contribution in [-0.4, -0.2) is 31.1 Å². The van der Waals surface area contributed by atoms with Crippen molar-refractivity contribution < 1.29 is 0 Å². The van der Waals surface area contributed by atoms with Crippen LogP contribution < -0.4 is 5.73 Å². The molecular formula is C12H24N2. The van der Waals surface area contributed by atoms with Crippen molar-refractivity contribution in [2.75, 3.05) is 14.1 Å². The Bertz CT molecular complexity index is 247. The summed E-state index contributed by atoms with van der Waals surface area (Å²) in [6, 6.07) is 0.940. The summed E-state index contributed by atoms with van der Waals surface area (Å²) in [5, 5.41) is 0. The predicted molar refractivity (Wildman–Crippen MR) is 60.1 cm³/mol. The van der Waals surface area contributed by atoms with Gasteiger partial charge in [0.15, 0.2) is 0 Å². The number of rotatable bonds is 1. The Hall–Kier alpha value is -0.0800. The molecular weight excluding hydrogens is 172 g/mol. The Morgan fingerprint density at radius 3 is 2.07 bits per heavy atom. The minimum absolute atomic E-state index is 0.353. The molecule has 2 fully saturated rings. The van der Waals surface area contributed by atoms with Crippen molar-refractivity contribution in [2.24, 2.45) is 22.5 Å². The fourth-order valence-electron chi connectivity index (χ4n) is 4.06. The molecule has 0 unspecified atom stereocenters. The first-order valence-corrected chi connectivity index (χ1v) is 5.74. The van der Waals surface area contributed by atoms with Crippen molar-refractivity contribution in [3.8, 4) is 0 Å². The zero-order chi connectivity index (χ0) is 10.7. The Kier molecular flexibility index (Phi) is 2.04. The maximum Gasteiger partial charge on any atom is 0.0280 e. The average molecular weight is 196 g/mol. The van der Waals surface area contributed by atoms with Crippen LogP contribution in [0.4, 0.5) is 0 Å². The topological polar surface area (TPSA) is 29.3 Å². The molecule has 0 aromatic heterocycles. The van der Waals surface area contributed by atoms with Crippen LogP contribution in [0.3, 0.4) is 0 Å². The zero-order valence-corrected chi connectivity index (χ0v) is 10.2. The fourth-order valence-corrected chi connectivity index (χ4v) is 4.06. The highest BCUT2D eigenvalue weighted by Crippen LogP contribution is 2.65. The van der Waals surface area contributed by atoms with Gasteiger partial charge in [-0.25, -0.2) is 0 Å². The molecule has 2 heteroatoms. The average Bonchev–Trinajstić information content (AvgIpc) is 2.35. The third-order valence-corrected chi connectivity index (χ3v) is 5.49. The third kappa shape index (κ3) is 0.938. The molecule has 2 rings (SSSR count). The Morgan fingerprint density at radius 2 is 1.79 bits per heavy atom. The Labute approximate surface area is 87.8 Å². The summed E-state index contributed by atoms with van der Waals surface area (Å²) in [7, 11) is 4.34. The summed E-state index contributed by atoms with van der Waals surface area (Å²) in [5.74, 6) is 0.789. The molecule has 2 saturated carbocycles. The number of fused-ring (bicyclic) bond motifs is 2. The lowest BCUT2D eigenvalue weighted by Gasteiger charge is -2.39. The van der Waals surface area contributed by atoms with Gasteiger partial charge in [-0.3, -0.25) is 0 Å². The van der Waals surface area contributed by atoms with Gasteiger partial charge in [-0.15, -0.1) is 0 Å². The van der Waals surface area contributed by atoms with Crippen LogP contribution in [0.5, 0.6) is 0 Å². The molecule has 4 atom stereocenters. The predicted octanol–water partition coefficient (Wildman–Crippen LogP) is 1.70. The zero-order valence-electron chi connectivity index (χ0n) is 10.2. The fraction of sp³-hybridized carbons (Fsp3) is 1.00. The minimum atomic E-state index is 0.353. The largest absolute Gasteiger partial charge is 0.326 e. The molecule has 0 heterocycles. The highest BCUT2D eigenvalue weighted by atomic mass is 15.2. The number of nitrogens with two attached hydrogens (primary N) is 1. The first-order chi connectivity index (χ1) is 6.32. The Morgan fingerprint density at radius 1 is 1.21 bits per heavy atom. The van der Waals surface area contributed by atoms with Crippen LogP contribution in [-0.2, 0) is 0 Å². The number of likely N-dealkylation sites (N-methyl/N-ethyl adjacent to an activating group) is 1. The van der Waals surface area contributed by atoms with Crippen molar-refractivity contribution >= 4 is 0 Å². The van der Waals surface area contributed by atoms with Crippen molar-refractivity contribution in [3.05, 3.63) is 0 Å². The molecule has 82 valence electrons. The van der Waals surface area contributed by atoms with Gasteiger partial charge < -0.3 is 10.6 Å².